The van der Waals surface area contributed by atoms with Crippen molar-refractivity contribution in [3.05, 3.63) is 24.3 Å². The van der Waals surface area contributed by atoms with E-state index in [9.17, 15) is 0 Å². The van der Waals surface area contributed by atoms with Gasteiger partial charge in [-0.15, -0.1) is 0 Å². The first-order valence-electron chi connectivity index (χ1n) is 4.40. The minimum absolute atomic E-state index is 0.158. The largest absolute Gasteiger partial charge is 0.394 e. The zero-order chi connectivity index (χ0) is 9.23. The molecule has 0 aliphatic heterocycles. The molecule has 2 nitrogen and oxygen atoms in total. The molecule has 0 aromatic rings. The van der Waals surface area contributed by atoms with E-state index in [1.54, 1.807) is 0 Å². The Morgan fingerprint density at radius 3 is 2.42 bits per heavy atom. The first-order chi connectivity index (χ1) is 5.81. The highest BCUT2D eigenvalue weighted by atomic mass is 16.3. The molecular formula is C10H18O2. The summed E-state index contributed by atoms with van der Waals surface area (Å²) in [5.74, 6) is 0. The van der Waals surface area contributed by atoms with Crippen molar-refractivity contribution in [3.8, 4) is 0 Å². The van der Waals surface area contributed by atoms with E-state index in [0.717, 1.165) is 12.8 Å². The molecule has 0 spiro atoms. The maximum atomic E-state index is 8.94. The van der Waals surface area contributed by atoms with Crippen LogP contribution in [0.2, 0.25) is 0 Å². The molecule has 0 saturated carbocycles. The van der Waals surface area contributed by atoms with Crippen LogP contribution in [0.25, 0.3) is 0 Å². The van der Waals surface area contributed by atoms with Crippen LogP contribution in [-0.2, 0) is 0 Å². The van der Waals surface area contributed by atoms with Crippen LogP contribution in [-0.4, -0.2) is 22.9 Å². The van der Waals surface area contributed by atoms with Gasteiger partial charge in [0.2, 0.25) is 0 Å². The number of aliphatic hydroxyl groups is 2. The molecule has 2 N–H and O–H groups in total. The minimum atomic E-state index is -0.601. The van der Waals surface area contributed by atoms with Gasteiger partial charge in [0.05, 0.1) is 12.7 Å². The maximum Gasteiger partial charge on any atom is 0.0805 e. The van der Waals surface area contributed by atoms with Gasteiger partial charge in [-0.1, -0.05) is 31.2 Å². The molecular weight excluding hydrogens is 152 g/mol. The third kappa shape index (κ3) is 7.51. The summed E-state index contributed by atoms with van der Waals surface area (Å²) < 4.78 is 0. The van der Waals surface area contributed by atoms with E-state index in [2.05, 4.69) is 19.1 Å². The molecule has 0 aliphatic rings. The van der Waals surface area contributed by atoms with Gasteiger partial charge in [-0.3, -0.25) is 0 Å². The Morgan fingerprint density at radius 2 is 1.83 bits per heavy atom. The SMILES string of the molecule is CCC=CCC=CCC(O)CO. The molecule has 2 heteroatoms. The fourth-order valence-electron chi connectivity index (χ4n) is 0.766. The highest BCUT2D eigenvalue weighted by Gasteiger charge is 1.95. The fraction of sp³-hybridized carbons (Fsp3) is 0.600. The van der Waals surface area contributed by atoms with Gasteiger partial charge < -0.3 is 10.2 Å². The molecule has 12 heavy (non-hydrogen) atoms. The summed E-state index contributed by atoms with van der Waals surface area (Å²) in [4.78, 5) is 0. The molecule has 0 rings (SSSR count). The van der Waals surface area contributed by atoms with Gasteiger partial charge in [0.1, 0.15) is 0 Å². The summed E-state index contributed by atoms with van der Waals surface area (Å²) in [7, 11) is 0. The van der Waals surface area contributed by atoms with Crippen molar-refractivity contribution < 1.29 is 10.2 Å². The summed E-state index contributed by atoms with van der Waals surface area (Å²) >= 11 is 0. The van der Waals surface area contributed by atoms with Crippen LogP contribution in [0.15, 0.2) is 24.3 Å². The monoisotopic (exact) mass is 170 g/mol. The molecule has 0 aromatic heterocycles. The minimum Gasteiger partial charge on any atom is -0.394 e. The summed E-state index contributed by atoms with van der Waals surface area (Å²) in [6, 6.07) is 0. The zero-order valence-corrected chi connectivity index (χ0v) is 7.61. The normalized spacial score (nSPS) is 14.6. The number of aliphatic hydroxyl groups excluding tert-OH is 2. The fourth-order valence-corrected chi connectivity index (χ4v) is 0.766. The number of rotatable bonds is 6. The van der Waals surface area contributed by atoms with Gasteiger partial charge in [0.15, 0.2) is 0 Å². The quantitative estimate of drug-likeness (QED) is 0.595. The predicted molar refractivity (Wildman–Crippen MR) is 50.9 cm³/mol. The Morgan fingerprint density at radius 1 is 1.17 bits per heavy atom. The Labute approximate surface area is 74.2 Å². The lowest BCUT2D eigenvalue weighted by atomic mass is 10.2. The average Bonchev–Trinajstić information content (AvgIpc) is 2.10. The molecule has 1 atom stereocenters. The predicted octanol–water partition coefficient (Wildman–Crippen LogP) is 1.64. The third-order valence-corrected chi connectivity index (χ3v) is 1.46. The lowest BCUT2D eigenvalue weighted by Gasteiger charge is -2.00. The highest BCUT2D eigenvalue weighted by molar-refractivity contribution is 4.93. The van der Waals surface area contributed by atoms with E-state index in [1.807, 2.05) is 12.2 Å². The first-order valence-corrected chi connectivity index (χ1v) is 4.40. The van der Waals surface area contributed by atoms with E-state index < -0.39 is 6.10 Å². The molecule has 0 aliphatic carbocycles. The molecule has 0 saturated heterocycles. The summed E-state index contributed by atoms with van der Waals surface area (Å²) in [5.41, 5.74) is 0. The van der Waals surface area contributed by atoms with Gasteiger partial charge in [-0.05, 0) is 19.3 Å². The van der Waals surface area contributed by atoms with Crippen molar-refractivity contribution in [3.63, 3.8) is 0 Å². The molecule has 0 amide bonds. The molecule has 0 aromatic carbocycles. The Kier molecular flexibility index (Phi) is 8.07. The van der Waals surface area contributed by atoms with Crippen molar-refractivity contribution in [1.29, 1.82) is 0 Å². The van der Waals surface area contributed by atoms with Crippen LogP contribution in [0.3, 0.4) is 0 Å². The van der Waals surface area contributed by atoms with Gasteiger partial charge in [0.25, 0.3) is 0 Å². The van der Waals surface area contributed by atoms with Crippen LogP contribution in [0.5, 0.6) is 0 Å². The summed E-state index contributed by atoms with van der Waals surface area (Å²) in [6.07, 6.45) is 9.98. The number of hydrogen-bond donors (Lipinski definition) is 2. The zero-order valence-electron chi connectivity index (χ0n) is 7.61. The van der Waals surface area contributed by atoms with E-state index >= 15 is 0 Å². The van der Waals surface area contributed by atoms with Gasteiger partial charge in [0, 0.05) is 0 Å². The van der Waals surface area contributed by atoms with E-state index in [-0.39, 0.29) is 6.61 Å². The van der Waals surface area contributed by atoms with Gasteiger partial charge >= 0.3 is 0 Å². The van der Waals surface area contributed by atoms with Crippen LogP contribution >= 0.6 is 0 Å². The molecule has 1 unspecified atom stereocenters. The lowest BCUT2D eigenvalue weighted by Crippen LogP contribution is -2.09. The van der Waals surface area contributed by atoms with Crippen LogP contribution in [0.1, 0.15) is 26.2 Å². The lowest BCUT2D eigenvalue weighted by molar-refractivity contribution is 0.0975. The molecule has 70 valence electrons. The second kappa shape index (κ2) is 8.50. The summed E-state index contributed by atoms with van der Waals surface area (Å²) in [5, 5.41) is 17.4. The Bertz CT molecular complexity index is 139. The number of allylic oxidation sites excluding steroid dienone is 3. The Hall–Kier alpha value is -0.600. The smallest absolute Gasteiger partial charge is 0.0805 e. The van der Waals surface area contributed by atoms with E-state index in [0.29, 0.717) is 6.42 Å². The number of hydrogen-bond acceptors (Lipinski definition) is 2. The highest BCUT2D eigenvalue weighted by Crippen LogP contribution is 1.94. The van der Waals surface area contributed by atoms with Crippen LogP contribution < -0.4 is 0 Å². The van der Waals surface area contributed by atoms with Gasteiger partial charge in [-0.25, -0.2) is 0 Å². The molecule has 0 fully saturated rings. The van der Waals surface area contributed by atoms with Crippen LogP contribution in [0.4, 0.5) is 0 Å². The van der Waals surface area contributed by atoms with E-state index in [4.69, 9.17) is 10.2 Å². The van der Waals surface area contributed by atoms with Crippen molar-refractivity contribution in [2.24, 2.45) is 0 Å². The van der Waals surface area contributed by atoms with Crippen LogP contribution in [0, 0.1) is 0 Å². The molecule has 0 bridgehead atoms. The molecule has 0 radical (unpaired) electrons. The topological polar surface area (TPSA) is 40.5 Å². The Balaban J connectivity index is 3.31. The average molecular weight is 170 g/mol. The third-order valence-electron chi connectivity index (χ3n) is 1.46. The molecule has 0 heterocycles. The van der Waals surface area contributed by atoms with Gasteiger partial charge in [-0.2, -0.15) is 0 Å². The van der Waals surface area contributed by atoms with E-state index in [1.165, 1.54) is 0 Å². The maximum absolute atomic E-state index is 8.94. The summed E-state index contributed by atoms with van der Waals surface area (Å²) in [6.45, 7) is 1.94. The second-order valence-corrected chi connectivity index (χ2v) is 2.66. The first kappa shape index (κ1) is 11.4. The van der Waals surface area contributed by atoms with Crippen molar-refractivity contribution in [2.45, 2.75) is 32.3 Å². The van der Waals surface area contributed by atoms with Crippen molar-refractivity contribution in [2.75, 3.05) is 6.61 Å². The second-order valence-electron chi connectivity index (χ2n) is 2.66. The van der Waals surface area contributed by atoms with Crippen molar-refractivity contribution in [1.82, 2.24) is 0 Å². The standard InChI is InChI=1S/C10H18O2/c1-2-3-4-5-6-7-8-10(12)9-11/h3-4,6-7,10-12H,2,5,8-9H2,1H3. The van der Waals surface area contributed by atoms with Crippen molar-refractivity contribution >= 4 is 0 Å².